The van der Waals surface area contributed by atoms with Crippen LogP contribution in [0.25, 0.3) is 0 Å². The normalized spacial score (nSPS) is 11.0. The first-order valence-electron chi connectivity index (χ1n) is 6.70. The van der Waals surface area contributed by atoms with Crippen LogP contribution in [0.4, 0.5) is 0 Å². The van der Waals surface area contributed by atoms with Crippen molar-refractivity contribution >= 4 is 52.9 Å². The van der Waals surface area contributed by atoms with Crippen LogP contribution in [0.5, 0.6) is 0 Å². The Hall–Kier alpha value is -0.860. The van der Waals surface area contributed by atoms with E-state index >= 15 is 0 Å². The van der Waals surface area contributed by atoms with E-state index in [4.69, 9.17) is 11.6 Å². The molecular formula is C15H20ClIN4S. The van der Waals surface area contributed by atoms with Gasteiger partial charge in [-0.1, -0.05) is 23.7 Å². The molecule has 0 aliphatic heterocycles. The standard InChI is InChI=1S/C15H19ClN4S.HI/c1-10-14(21-11(2)20-10)9-19-15(17-3)18-8-12-5-4-6-13(16)7-12;/h4-7H,8-9H2,1-3H3,(H2,17,18,19);1H. The number of aryl methyl sites for hydroxylation is 2. The summed E-state index contributed by atoms with van der Waals surface area (Å²) in [6.45, 7) is 5.46. The molecule has 1 heterocycles. The molecule has 0 aliphatic rings. The molecule has 0 amide bonds. The van der Waals surface area contributed by atoms with Crippen molar-refractivity contribution in [3.8, 4) is 0 Å². The highest BCUT2D eigenvalue weighted by atomic mass is 127. The topological polar surface area (TPSA) is 49.3 Å². The van der Waals surface area contributed by atoms with Crippen LogP contribution in [-0.2, 0) is 13.1 Å². The molecule has 1 aromatic carbocycles. The van der Waals surface area contributed by atoms with E-state index in [1.807, 2.05) is 38.1 Å². The van der Waals surface area contributed by atoms with Crippen molar-refractivity contribution in [2.45, 2.75) is 26.9 Å². The molecule has 0 saturated heterocycles. The maximum atomic E-state index is 5.98. The number of nitrogens with one attached hydrogen (secondary N) is 2. The number of aromatic nitrogens is 1. The van der Waals surface area contributed by atoms with E-state index < -0.39 is 0 Å². The SMILES string of the molecule is CN=C(NCc1cccc(Cl)c1)NCc1sc(C)nc1C.I. The molecule has 2 N–H and O–H groups in total. The largest absolute Gasteiger partial charge is 0.352 e. The van der Waals surface area contributed by atoms with Gasteiger partial charge in [0.15, 0.2) is 5.96 Å². The Kier molecular flexibility index (Phi) is 8.13. The van der Waals surface area contributed by atoms with Crippen molar-refractivity contribution < 1.29 is 0 Å². The molecule has 7 heteroatoms. The van der Waals surface area contributed by atoms with Gasteiger partial charge in [-0.05, 0) is 31.5 Å². The van der Waals surface area contributed by atoms with Crippen LogP contribution >= 0.6 is 46.9 Å². The summed E-state index contributed by atoms with van der Waals surface area (Å²) in [6, 6.07) is 7.79. The molecule has 0 spiro atoms. The highest BCUT2D eigenvalue weighted by Gasteiger charge is 2.05. The fourth-order valence-electron chi connectivity index (χ4n) is 1.95. The Morgan fingerprint density at radius 3 is 2.59 bits per heavy atom. The lowest BCUT2D eigenvalue weighted by Gasteiger charge is -2.11. The number of halogens is 2. The molecule has 0 aliphatic carbocycles. The number of hydrogen-bond donors (Lipinski definition) is 2. The number of rotatable bonds is 4. The summed E-state index contributed by atoms with van der Waals surface area (Å²) in [7, 11) is 1.76. The second-order valence-electron chi connectivity index (χ2n) is 4.65. The molecular weight excluding hydrogens is 431 g/mol. The van der Waals surface area contributed by atoms with Crippen molar-refractivity contribution in [1.82, 2.24) is 15.6 Å². The first-order chi connectivity index (χ1) is 10.1. The summed E-state index contributed by atoms with van der Waals surface area (Å²) in [4.78, 5) is 9.88. The van der Waals surface area contributed by atoms with Gasteiger partial charge in [-0.3, -0.25) is 4.99 Å². The van der Waals surface area contributed by atoms with E-state index in [-0.39, 0.29) is 24.0 Å². The molecule has 22 heavy (non-hydrogen) atoms. The number of aliphatic imine (C=N–C) groups is 1. The van der Waals surface area contributed by atoms with Gasteiger partial charge in [0.2, 0.25) is 0 Å². The lowest BCUT2D eigenvalue weighted by molar-refractivity contribution is 0.811. The van der Waals surface area contributed by atoms with Crippen molar-refractivity contribution in [1.29, 1.82) is 0 Å². The Morgan fingerprint density at radius 2 is 2.00 bits per heavy atom. The van der Waals surface area contributed by atoms with Crippen molar-refractivity contribution in [2.24, 2.45) is 4.99 Å². The lowest BCUT2D eigenvalue weighted by atomic mass is 10.2. The number of thiazole rings is 1. The predicted molar refractivity (Wildman–Crippen MR) is 105 cm³/mol. The van der Waals surface area contributed by atoms with Crippen LogP contribution in [0.2, 0.25) is 5.02 Å². The summed E-state index contributed by atoms with van der Waals surface area (Å²) in [5, 5.41) is 8.41. The molecule has 0 radical (unpaired) electrons. The number of hydrogen-bond acceptors (Lipinski definition) is 3. The average Bonchev–Trinajstić information content (AvgIpc) is 2.77. The molecule has 0 bridgehead atoms. The van der Waals surface area contributed by atoms with E-state index in [9.17, 15) is 0 Å². The first kappa shape index (κ1) is 19.2. The molecule has 0 unspecified atom stereocenters. The Labute approximate surface area is 157 Å². The number of benzene rings is 1. The molecule has 0 saturated carbocycles. The van der Waals surface area contributed by atoms with Gasteiger partial charge in [-0.2, -0.15) is 0 Å². The zero-order valence-electron chi connectivity index (χ0n) is 12.8. The van der Waals surface area contributed by atoms with E-state index in [0.29, 0.717) is 6.54 Å². The van der Waals surface area contributed by atoms with Crippen LogP contribution in [0.3, 0.4) is 0 Å². The highest BCUT2D eigenvalue weighted by molar-refractivity contribution is 14.0. The predicted octanol–water partition coefficient (Wildman–Crippen LogP) is 3.90. The molecule has 120 valence electrons. The Bertz CT molecular complexity index is 642. The first-order valence-corrected chi connectivity index (χ1v) is 7.90. The summed E-state index contributed by atoms with van der Waals surface area (Å²) in [6.07, 6.45) is 0. The maximum Gasteiger partial charge on any atom is 0.191 e. The Morgan fingerprint density at radius 1 is 1.27 bits per heavy atom. The van der Waals surface area contributed by atoms with Gasteiger partial charge in [0.25, 0.3) is 0 Å². The minimum Gasteiger partial charge on any atom is -0.352 e. The zero-order chi connectivity index (χ0) is 15.2. The molecule has 1 aromatic heterocycles. The smallest absolute Gasteiger partial charge is 0.191 e. The number of nitrogens with zero attached hydrogens (tertiary/aromatic N) is 2. The Balaban J connectivity index is 0.00000242. The van der Waals surface area contributed by atoms with Gasteiger partial charge in [-0.15, -0.1) is 35.3 Å². The van der Waals surface area contributed by atoms with Gasteiger partial charge in [0.1, 0.15) is 0 Å². The zero-order valence-corrected chi connectivity index (χ0v) is 16.7. The quantitative estimate of drug-likeness (QED) is 0.422. The average molecular weight is 451 g/mol. The fraction of sp³-hybridized carbons (Fsp3) is 0.333. The molecule has 0 atom stereocenters. The highest BCUT2D eigenvalue weighted by Crippen LogP contribution is 2.16. The van der Waals surface area contributed by atoms with Crippen LogP contribution in [0.15, 0.2) is 29.3 Å². The molecule has 4 nitrogen and oxygen atoms in total. The van der Waals surface area contributed by atoms with Gasteiger partial charge in [-0.25, -0.2) is 4.98 Å². The third-order valence-electron chi connectivity index (χ3n) is 2.99. The van der Waals surface area contributed by atoms with Crippen LogP contribution in [0.1, 0.15) is 21.1 Å². The number of guanidine groups is 1. The van der Waals surface area contributed by atoms with Gasteiger partial charge < -0.3 is 10.6 Å². The third-order valence-corrected chi connectivity index (χ3v) is 4.30. The summed E-state index contributed by atoms with van der Waals surface area (Å²) >= 11 is 7.69. The van der Waals surface area contributed by atoms with Gasteiger partial charge >= 0.3 is 0 Å². The third kappa shape index (κ3) is 5.73. The van der Waals surface area contributed by atoms with Crippen LogP contribution in [-0.4, -0.2) is 18.0 Å². The van der Waals surface area contributed by atoms with Gasteiger partial charge in [0.05, 0.1) is 17.2 Å². The van der Waals surface area contributed by atoms with Crippen LogP contribution < -0.4 is 10.6 Å². The van der Waals surface area contributed by atoms with E-state index in [0.717, 1.165) is 33.8 Å². The summed E-state index contributed by atoms with van der Waals surface area (Å²) in [5.41, 5.74) is 2.20. The van der Waals surface area contributed by atoms with Crippen molar-refractivity contribution in [2.75, 3.05) is 7.05 Å². The summed E-state index contributed by atoms with van der Waals surface area (Å²) < 4.78 is 0. The molecule has 2 aromatic rings. The van der Waals surface area contributed by atoms with Crippen molar-refractivity contribution in [3.05, 3.63) is 50.4 Å². The van der Waals surface area contributed by atoms with Gasteiger partial charge in [0, 0.05) is 23.5 Å². The fourth-order valence-corrected chi connectivity index (χ4v) is 3.04. The second-order valence-corrected chi connectivity index (χ2v) is 6.37. The maximum absolute atomic E-state index is 5.98. The van der Waals surface area contributed by atoms with E-state index in [2.05, 4.69) is 20.6 Å². The minimum absolute atomic E-state index is 0. The minimum atomic E-state index is 0. The lowest BCUT2D eigenvalue weighted by Crippen LogP contribution is -2.36. The monoisotopic (exact) mass is 450 g/mol. The van der Waals surface area contributed by atoms with E-state index in [1.54, 1.807) is 18.4 Å². The van der Waals surface area contributed by atoms with Crippen LogP contribution in [0, 0.1) is 13.8 Å². The second kappa shape index (κ2) is 9.32. The molecule has 0 fully saturated rings. The van der Waals surface area contributed by atoms with E-state index in [1.165, 1.54) is 4.88 Å². The molecule has 2 rings (SSSR count). The van der Waals surface area contributed by atoms with Crippen molar-refractivity contribution in [3.63, 3.8) is 0 Å². The summed E-state index contributed by atoms with van der Waals surface area (Å²) in [5.74, 6) is 0.764.